The summed E-state index contributed by atoms with van der Waals surface area (Å²) in [6.07, 6.45) is 6.64. The van der Waals surface area contributed by atoms with Gasteiger partial charge in [0.15, 0.2) is 5.82 Å². The number of benzene rings is 2. The Balaban J connectivity index is 1.13. The van der Waals surface area contributed by atoms with Gasteiger partial charge in [-0.2, -0.15) is 0 Å². The number of hydrogen-bond acceptors (Lipinski definition) is 11. The minimum Gasteiger partial charge on any atom is -0.480 e. The van der Waals surface area contributed by atoms with Crippen LogP contribution in [0.15, 0.2) is 100 Å². The number of halogens is 2. The van der Waals surface area contributed by atoms with E-state index in [-0.39, 0.29) is 34.4 Å². The number of aliphatic carboxylic acids is 1. The standard InChI is InChI=1S/C37H32F2N8O8S/c1-20(2)55-19-33-42-15-22(16-43-33)21-4-8-25(9-5-21)56(53,54)45-30-14-28(38)27(13-29(30)39)34(48)44-31(36(50)51)12-23-6-7-24(17-41-23)47-35(49)26-10-11-40-18-32(26)46(3)37(47)52/h4-11,13-18,20,31,45H,12,19H2,1-3H3,(H,44,48)(H,50,51)/t31-/m0/s1. The van der Waals surface area contributed by atoms with Gasteiger partial charge in [0.1, 0.15) is 24.3 Å². The number of carboxylic acid groups (broad SMARTS) is 1. The van der Waals surface area contributed by atoms with Gasteiger partial charge in [-0.15, -0.1) is 0 Å². The second kappa shape index (κ2) is 15.9. The molecular formula is C37H32F2N8O8S. The zero-order valence-corrected chi connectivity index (χ0v) is 30.6. The fraction of sp³-hybridized carbons (Fsp3) is 0.189. The summed E-state index contributed by atoms with van der Waals surface area (Å²) in [6, 6.07) is 8.84. The highest BCUT2D eigenvalue weighted by Gasteiger charge is 2.26. The molecule has 3 N–H and O–H groups in total. The van der Waals surface area contributed by atoms with Gasteiger partial charge in [-0.25, -0.2) is 41.3 Å². The number of amides is 1. The maximum absolute atomic E-state index is 15.2. The van der Waals surface area contributed by atoms with Crippen molar-refractivity contribution in [1.29, 1.82) is 0 Å². The number of pyridine rings is 2. The van der Waals surface area contributed by atoms with Crippen LogP contribution in [0.2, 0.25) is 0 Å². The Bertz CT molecular complexity index is 2690. The molecule has 1 amide bonds. The Labute approximate surface area is 316 Å². The van der Waals surface area contributed by atoms with E-state index < -0.39 is 68.5 Å². The minimum atomic E-state index is -4.44. The maximum atomic E-state index is 15.2. The number of carbonyl (C=O) groups excluding carboxylic acids is 1. The monoisotopic (exact) mass is 786 g/mol. The molecule has 6 rings (SSSR count). The number of carbonyl (C=O) groups is 2. The molecule has 6 aromatic rings. The van der Waals surface area contributed by atoms with E-state index in [1.165, 1.54) is 72.7 Å². The first-order valence-electron chi connectivity index (χ1n) is 16.7. The number of sulfonamides is 1. The molecule has 4 heterocycles. The van der Waals surface area contributed by atoms with Gasteiger partial charge < -0.3 is 15.2 Å². The third-order valence-electron chi connectivity index (χ3n) is 8.45. The lowest BCUT2D eigenvalue weighted by Crippen LogP contribution is -2.42. The first-order chi connectivity index (χ1) is 26.6. The third kappa shape index (κ3) is 8.32. The van der Waals surface area contributed by atoms with Crippen LogP contribution in [-0.4, -0.2) is 66.6 Å². The number of fused-ring (bicyclic) bond motifs is 1. The summed E-state index contributed by atoms with van der Waals surface area (Å²) in [5.41, 5.74) is -1.30. The van der Waals surface area contributed by atoms with Gasteiger partial charge in [-0.3, -0.25) is 28.8 Å². The van der Waals surface area contributed by atoms with Crippen LogP contribution in [0.25, 0.3) is 27.7 Å². The second-order valence-corrected chi connectivity index (χ2v) is 14.3. The van der Waals surface area contributed by atoms with Crippen LogP contribution in [0.4, 0.5) is 14.5 Å². The number of carboxylic acids is 1. The Morgan fingerprint density at radius 3 is 2.27 bits per heavy atom. The van der Waals surface area contributed by atoms with Gasteiger partial charge in [0.05, 0.1) is 51.2 Å². The third-order valence-corrected chi connectivity index (χ3v) is 9.83. The molecule has 56 heavy (non-hydrogen) atoms. The molecular weight excluding hydrogens is 755 g/mol. The zero-order valence-electron chi connectivity index (χ0n) is 29.8. The van der Waals surface area contributed by atoms with Gasteiger partial charge in [-0.05, 0) is 55.8 Å². The molecule has 0 fully saturated rings. The Kier molecular flexibility index (Phi) is 11.1. The molecule has 0 saturated carbocycles. The van der Waals surface area contributed by atoms with Crippen LogP contribution in [0.1, 0.15) is 35.7 Å². The minimum absolute atomic E-state index is 0.000553. The molecule has 0 saturated heterocycles. The molecule has 19 heteroatoms. The van der Waals surface area contributed by atoms with Gasteiger partial charge in [-0.1, -0.05) is 12.1 Å². The summed E-state index contributed by atoms with van der Waals surface area (Å²) in [6.45, 7) is 3.99. The highest BCUT2D eigenvalue weighted by molar-refractivity contribution is 7.92. The Morgan fingerprint density at radius 1 is 0.911 bits per heavy atom. The smallest absolute Gasteiger partial charge is 0.335 e. The lowest BCUT2D eigenvalue weighted by molar-refractivity contribution is -0.139. The predicted octanol–water partition coefficient (Wildman–Crippen LogP) is 3.37. The number of rotatable bonds is 13. The van der Waals surface area contributed by atoms with Crippen molar-refractivity contribution in [3.63, 3.8) is 0 Å². The highest BCUT2D eigenvalue weighted by Crippen LogP contribution is 2.25. The fourth-order valence-electron chi connectivity index (χ4n) is 5.49. The molecule has 288 valence electrons. The van der Waals surface area contributed by atoms with Crippen molar-refractivity contribution in [1.82, 2.24) is 34.4 Å². The molecule has 0 unspecified atom stereocenters. The first-order valence-corrected chi connectivity index (χ1v) is 18.2. The normalized spacial score (nSPS) is 12.1. The number of anilines is 1. The lowest BCUT2D eigenvalue weighted by Gasteiger charge is -2.16. The van der Waals surface area contributed by atoms with E-state index in [0.717, 1.165) is 4.57 Å². The highest BCUT2D eigenvalue weighted by atomic mass is 32.2. The Morgan fingerprint density at radius 2 is 1.62 bits per heavy atom. The molecule has 0 aliphatic carbocycles. The van der Waals surface area contributed by atoms with Crippen LogP contribution in [0.5, 0.6) is 0 Å². The van der Waals surface area contributed by atoms with Gasteiger partial charge >= 0.3 is 11.7 Å². The van der Waals surface area contributed by atoms with E-state index in [1.807, 2.05) is 18.6 Å². The summed E-state index contributed by atoms with van der Waals surface area (Å²) >= 11 is 0. The van der Waals surface area contributed by atoms with Crippen molar-refractivity contribution >= 4 is 38.5 Å². The average molecular weight is 787 g/mol. The van der Waals surface area contributed by atoms with Gasteiger partial charge in [0.25, 0.3) is 21.5 Å². The summed E-state index contributed by atoms with van der Waals surface area (Å²) in [5.74, 6) is -5.03. The SMILES string of the molecule is CC(C)OCc1ncc(-c2ccc(S(=O)(=O)Nc3cc(F)c(C(=O)N[C@@H](Cc4ccc(-n5c(=O)c6ccncc6n(C)c5=O)cn4)C(=O)O)cc3F)cc2)cn1. The number of hydrogen-bond donors (Lipinski definition) is 3. The topological polar surface area (TPSA) is 217 Å². The molecule has 0 aliphatic heterocycles. The largest absolute Gasteiger partial charge is 0.480 e. The number of aromatic nitrogens is 6. The average Bonchev–Trinajstić information content (AvgIpc) is 3.18. The lowest BCUT2D eigenvalue weighted by atomic mass is 10.1. The van der Waals surface area contributed by atoms with Crippen molar-refractivity contribution in [3.8, 4) is 16.8 Å². The van der Waals surface area contributed by atoms with Crippen molar-refractivity contribution < 1.29 is 36.6 Å². The van der Waals surface area contributed by atoms with Gasteiger partial charge in [0.2, 0.25) is 0 Å². The van der Waals surface area contributed by atoms with E-state index in [2.05, 4.69) is 25.3 Å². The van der Waals surface area contributed by atoms with Crippen molar-refractivity contribution in [2.24, 2.45) is 7.05 Å². The van der Waals surface area contributed by atoms with Crippen LogP contribution in [0, 0.1) is 11.6 Å². The number of nitrogens with zero attached hydrogens (tertiary/aromatic N) is 6. The van der Waals surface area contributed by atoms with Gasteiger partial charge in [0, 0.05) is 49.4 Å². The molecule has 0 radical (unpaired) electrons. The van der Waals surface area contributed by atoms with Crippen molar-refractivity contribution in [3.05, 3.63) is 135 Å². The summed E-state index contributed by atoms with van der Waals surface area (Å²) in [7, 11) is -2.97. The van der Waals surface area contributed by atoms with E-state index >= 15 is 8.78 Å². The van der Waals surface area contributed by atoms with E-state index in [9.17, 15) is 32.7 Å². The van der Waals surface area contributed by atoms with E-state index in [0.29, 0.717) is 34.6 Å². The predicted molar refractivity (Wildman–Crippen MR) is 198 cm³/mol. The Hall–Kier alpha value is -6.73. The molecule has 2 aromatic carbocycles. The summed E-state index contributed by atoms with van der Waals surface area (Å²) in [5, 5.41) is 12.1. The fourth-order valence-corrected chi connectivity index (χ4v) is 6.54. The zero-order chi connectivity index (χ0) is 40.3. The molecule has 0 aliphatic rings. The molecule has 0 bridgehead atoms. The van der Waals surface area contributed by atoms with Crippen LogP contribution >= 0.6 is 0 Å². The van der Waals surface area contributed by atoms with Crippen LogP contribution in [-0.2, 0) is 39.6 Å². The van der Waals surface area contributed by atoms with E-state index in [1.54, 1.807) is 12.4 Å². The molecule has 4 aromatic heterocycles. The number of ether oxygens (including phenoxy) is 1. The summed E-state index contributed by atoms with van der Waals surface area (Å²) in [4.78, 5) is 67.4. The number of aryl methyl sites for hydroxylation is 1. The van der Waals surface area contributed by atoms with Crippen molar-refractivity contribution in [2.45, 2.75) is 43.9 Å². The van der Waals surface area contributed by atoms with Crippen LogP contribution in [0.3, 0.4) is 0 Å². The first kappa shape index (κ1) is 39.0. The molecule has 0 spiro atoms. The van der Waals surface area contributed by atoms with Crippen molar-refractivity contribution in [2.75, 3.05) is 4.72 Å². The second-order valence-electron chi connectivity index (χ2n) is 12.6. The van der Waals surface area contributed by atoms with E-state index in [4.69, 9.17) is 4.74 Å². The molecule has 1 atom stereocenters. The molecule has 16 nitrogen and oxygen atoms in total. The van der Waals surface area contributed by atoms with Crippen LogP contribution < -0.4 is 21.3 Å². The summed E-state index contributed by atoms with van der Waals surface area (Å²) < 4.78 is 66.1. The number of nitrogens with one attached hydrogen (secondary N) is 2. The quantitative estimate of drug-likeness (QED) is 0.154. The maximum Gasteiger partial charge on any atom is 0.335 e.